The first kappa shape index (κ1) is 16.9. The van der Waals surface area contributed by atoms with Crippen LogP contribution in [0.3, 0.4) is 0 Å². The lowest BCUT2D eigenvalue weighted by Crippen LogP contribution is -2.39. The van der Waals surface area contributed by atoms with Crippen LogP contribution < -0.4 is 10.1 Å². The van der Waals surface area contributed by atoms with Gasteiger partial charge in [0.05, 0.1) is 28.9 Å². The van der Waals surface area contributed by atoms with Crippen LogP contribution in [-0.2, 0) is 9.53 Å². The number of benzene rings is 2. The van der Waals surface area contributed by atoms with E-state index in [4.69, 9.17) is 32.7 Å². The molecule has 0 spiro atoms. The second-order valence-electron chi connectivity index (χ2n) is 5.17. The van der Waals surface area contributed by atoms with Crippen molar-refractivity contribution in [2.45, 2.75) is 13.0 Å². The Labute approximate surface area is 148 Å². The van der Waals surface area contributed by atoms with Crippen molar-refractivity contribution < 1.29 is 18.7 Å². The van der Waals surface area contributed by atoms with Gasteiger partial charge >= 0.3 is 5.97 Å². The van der Waals surface area contributed by atoms with Gasteiger partial charge in [-0.3, -0.25) is 0 Å². The van der Waals surface area contributed by atoms with Gasteiger partial charge in [-0.25, -0.2) is 9.18 Å². The summed E-state index contributed by atoms with van der Waals surface area (Å²) in [6.07, 6.45) is -0.831. The third-order valence-electron chi connectivity index (χ3n) is 3.57. The number of nitrogens with one attached hydrogen (secondary N) is 1. The number of hydrogen-bond acceptors (Lipinski definition) is 4. The van der Waals surface area contributed by atoms with Crippen molar-refractivity contribution in [2.24, 2.45) is 0 Å². The first-order valence-electron chi connectivity index (χ1n) is 7.36. The molecule has 0 aliphatic carbocycles. The highest BCUT2D eigenvalue weighted by molar-refractivity contribution is 6.39. The van der Waals surface area contributed by atoms with Crippen molar-refractivity contribution >= 4 is 34.9 Å². The van der Waals surface area contributed by atoms with Gasteiger partial charge in [0.2, 0.25) is 6.10 Å². The largest absolute Gasteiger partial charge is 0.474 e. The SMILES string of the molecule is CCOC(=O)C1CNc2cc(F)cc(-c3c(Cl)cccc3Cl)c2O1. The maximum atomic E-state index is 14.0. The van der Waals surface area contributed by atoms with Crippen LogP contribution in [0.25, 0.3) is 11.1 Å². The van der Waals surface area contributed by atoms with Gasteiger partial charge in [-0.15, -0.1) is 0 Å². The molecular weight excluding hydrogens is 356 g/mol. The normalized spacial score (nSPS) is 15.9. The lowest BCUT2D eigenvalue weighted by atomic mass is 10.0. The van der Waals surface area contributed by atoms with Crippen LogP contribution >= 0.6 is 23.2 Å². The third-order valence-corrected chi connectivity index (χ3v) is 4.20. The van der Waals surface area contributed by atoms with Gasteiger partial charge < -0.3 is 14.8 Å². The van der Waals surface area contributed by atoms with Crippen molar-refractivity contribution in [2.75, 3.05) is 18.5 Å². The monoisotopic (exact) mass is 369 g/mol. The lowest BCUT2D eigenvalue weighted by Gasteiger charge is -2.28. The van der Waals surface area contributed by atoms with Gasteiger partial charge in [0.15, 0.2) is 5.75 Å². The Morgan fingerprint density at radius 1 is 1.38 bits per heavy atom. The Morgan fingerprint density at radius 2 is 2.08 bits per heavy atom. The molecule has 0 bridgehead atoms. The molecule has 1 heterocycles. The molecule has 1 aliphatic heterocycles. The number of anilines is 1. The van der Waals surface area contributed by atoms with Crippen LogP contribution in [0.1, 0.15) is 6.92 Å². The van der Waals surface area contributed by atoms with Gasteiger partial charge in [-0.05, 0) is 25.1 Å². The van der Waals surface area contributed by atoms with E-state index in [0.29, 0.717) is 32.6 Å². The van der Waals surface area contributed by atoms with Crippen LogP contribution in [0.2, 0.25) is 10.0 Å². The fourth-order valence-corrected chi connectivity index (χ4v) is 3.15. The standard InChI is InChI=1S/C17H14Cl2FNO3/c1-2-23-17(22)14-8-21-13-7-9(20)6-10(16(13)24-14)15-11(18)4-3-5-12(15)19/h3-7,14,21H,2,8H2,1H3. The molecule has 126 valence electrons. The summed E-state index contributed by atoms with van der Waals surface area (Å²) in [7, 11) is 0. The molecule has 2 aromatic carbocycles. The second-order valence-corrected chi connectivity index (χ2v) is 5.98. The fraction of sp³-hybridized carbons (Fsp3) is 0.235. The molecule has 0 amide bonds. The summed E-state index contributed by atoms with van der Waals surface area (Å²) in [5, 5.41) is 3.71. The summed E-state index contributed by atoms with van der Waals surface area (Å²) in [5.41, 5.74) is 1.26. The van der Waals surface area contributed by atoms with Crippen LogP contribution in [-0.4, -0.2) is 25.2 Å². The summed E-state index contributed by atoms with van der Waals surface area (Å²) < 4.78 is 24.8. The number of ether oxygens (including phenoxy) is 2. The van der Waals surface area contributed by atoms with E-state index in [1.54, 1.807) is 25.1 Å². The van der Waals surface area contributed by atoms with Crippen LogP contribution in [0.15, 0.2) is 30.3 Å². The van der Waals surface area contributed by atoms with E-state index in [9.17, 15) is 9.18 Å². The maximum Gasteiger partial charge on any atom is 0.349 e. The zero-order valence-electron chi connectivity index (χ0n) is 12.7. The molecule has 1 N–H and O–H groups in total. The van der Waals surface area contributed by atoms with E-state index in [0.717, 1.165) is 0 Å². The molecule has 7 heteroatoms. The highest BCUT2D eigenvalue weighted by atomic mass is 35.5. The molecule has 0 saturated heterocycles. The summed E-state index contributed by atoms with van der Waals surface area (Å²) in [6.45, 7) is 2.15. The maximum absolute atomic E-state index is 14.0. The molecule has 1 aliphatic rings. The fourth-order valence-electron chi connectivity index (χ4n) is 2.55. The number of fused-ring (bicyclic) bond motifs is 1. The van der Waals surface area contributed by atoms with E-state index in [2.05, 4.69) is 5.32 Å². The predicted molar refractivity (Wildman–Crippen MR) is 91.4 cm³/mol. The Kier molecular flexibility index (Phi) is 4.83. The topological polar surface area (TPSA) is 47.6 Å². The molecule has 4 nitrogen and oxygen atoms in total. The van der Waals surface area contributed by atoms with Crippen molar-refractivity contribution in [1.82, 2.24) is 0 Å². The van der Waals surface area contributed by atoms with Gasteiger partial charge in [-0.1, -0.05) is 29.3 Å². The van der Waals surface area contributed by atoms with Crippen molar-refractivity contribution in [3.05, 3.63) is 46.2 Å². The van der Waals surface area contributed by atoms with E-state index in [-0.39, 0.29) is 13.2 Å². The summed E-state index contributed by atoms with van der Waals surface area (Å²) in [4.78, 5) is 11.9. The molecule has 0 aromatic heterocycles. The number of rotatable bonds is 3. The smallest absolute Gasteiger partial charge is 0.349 e. The minimum absolute atomic E-state index is 0.185. The van der Waals surface area contributed by atoms with Crippen molar-refractivity contribution in [1.29, 1.82) is 0 Å². The number of carbonyl (C=O) groups excluding carboxylic acids is 1. The molecular formula is C17H14Cl2FNO3. The van der Waals surface area contributed by atoms with Crippen LogP contribution in [0, 0.1) is 5.82 Å². The van der Waals surface area contributed by atoms with E-state index >= 15 is 0 Å². The van der Waals surface area contributed by atoms with Crippen molar-refractivity contribution in [3.63, 3.8) is 0 Å². The highest BCUT2D eigenvalue weighted by Crippen LogP contribution is 2.45. The van der Waals surface area contributed by atoms with E-state index in [1.807, 2.05) is 0 Å². The van der Waals surface area contributed by atoms with E-state index in [1.165, 1.54) is 12.1 Å². The van der Waals surface area contributed by atoms with Crippen LogP contribution in [0.4, 0.5) is 10.1 Å². The molecule has 0 fully saturated rings. The third kappa shape index (κ3) is 3.14. The zero-order valence-corrected chi connectivity index (χ0v) is 14.2. The Hall–Kier alpha value is -1.98. The first-order chi connectivity index (χ1) is 11.5. The number of hydrogen-bond donors (Lipinski definition) is 1. The van der Waals surface area contributed by atoms with Crippen LogP contribution in [0.5, 0.6) is 5.75 Å². The summed E-state index contributed by atoms with van der Waals surface area (Å²) >= 11 is 12.5. The average Bonchev–Trinajstić information content (AvgIpc) is 2.54. The van der Waals surface area contributed by atoms with Gasteiger partial charge in [0.25, 0.3) is 0 Å². The number of esters is 1. The van der Waals surface area contributed by atoms with E-state index < -0.39 is 17.9 Å². The average molecular weight is 370 g/mol. The molecule has 2 aromatic rings. The minimum Gasteiger partial charge on any atom is -0.474 e. The quantitative estimate of drug-likeness (QED) is 0.807. The molecule has 24 heavy (non-hydrogen) atoms. The first-order valence-corrected chi connectivity index (χ1v) is 8.12. The Balaban J connectivity index is 2.10. The number of carbonyl (C=O) groups is 1. The molecule has 3 rings (SSSR count). The minimum atomic E-state index is -0.831. The van der Waals surface area contributed by atoms with Gasteiger partial charge in [0, 0.05) is 17.2 Å². The summed E-state index contributed by atoms with van der Waals surface area (Å²) in [5.74, 6) is -0.641. The van der Waals surface area contributed by atoms with Gasteiger partial charge in [-0.2, -0.15) is 0 Å². The Bertz CT molecular complexity index is 777. The molecule has 1 atom stereocenters. The molecule has 1 unspecified atom stereocenters. The molecule has 0 saturated carbocycles. The highest BCUT2D eigenvalue weighted by Gasteiger charge is 2.30. The zero-order chi connectivity index (χ0) is 17.3. The number of halogens is 3. The molecule has 0 radical (unpaired) electrons. The second kappa shape index (κ2) is 6.87. The van der Waals surface area contributed by atoms with Crippen molar-refractivity contribution in [3.8, 4) is 16.9 Å². The van der Waals surface area contributed by atoms with Gasteiger partial charge in [0.1, 0.15) is 5.82 Å². The predicted octanol–water partition coefficient (Wildman–Crippen LogP) is 4.54. The lowest BCUT2D eigenvalue weighted by molar-refractivity contribution is -0.150. The summed E-state index contributed by atoms with van der Waals surface area (Å²) in [6, 6.07) is 7.57. The Morgan fingerprint density at radius 3 is 2.75 bits per heavy atom.